The molecule has 0 saturated heterocycles. The van der Waals surface area contributed by atoms with E-state index in [4.69, 9.17) is 26.8 Å². The third-order valence-electron chi connectivity index (χ3n) is 10.2. The molecule has 4 N–H and O–H groups in total. The van der Waals surface area contributed by atoms with E-state index < -0.39 is 51.7 Å². The number of unbranched alkanes of at least 4 members (excludes halogenated alkanes) is 2. The molecular weight excluding hydrogens is 530 g/mol. The number of ketones is 2. The number of aliphatic hydroxyl groups is 2. The van der Waals surface area contributed by atoms with Crippen LogP contribution < -0.4 is 0 Å². The Morgan fingerprint density at radius 2 is 1.90 bits per heavy atom. The molecule has 0 aromatic carbocycles. The molecule has 8 atom stereocenters. The number of rotatable bonds is 10. The van der Waals surface area contributed by atoms with Crippen molar-refractivity contribution >= 4 is 29.1 Å². The highest BCUT2D eigenvalue weighted by Gasteiger charge is 2.76. The molecule has 0 amide bonds. The molecule has 0 aliphatic heterocycles. The Morgan fingerprint density at radius 3 is 2.56 bits per heavy atom. The van der Waals surface area contributed by atoms with Crippen LogP contribution in [0.4, 0.5) is 0 Å². The normalized spacial score (nSPS) is 41.1. The molecule has 11 heteroatoms. The van der Waals surface area contributed by atoms with E-state index in [0.717, 1.165) is 5.57 Å². The minimum Gasteiger partial charge on any atom is -0.450 e. The van der Waals surface area contributed by atoms with Gasteiger partial charge >= 0.3 is 5.97 Å². The lowest BCUT2D eigenvalue weighted by atomic mass is 9.45. The van der Waals surface area contributed by atoms with Gasteiger partial charge in [0, 0.05) is 23.2 Å². The van der Waals surface area contributed by atoms with Crippen molar-refractivity contribution in [2.45, 2.75) is 88.7 Å². The zero-order valence-electron chi connectivity index (χ0n) is 22.8. The first-order valence-corrected chi connectivity index (χ1v) is 14.1. The average Bonchev–Trinajstić information content (AvgIpc) is 3.08. The van der Waals surface area contributed by atoms with Gasteiger partial charge in [0.25, 0.3) is 0 Å². The van der Waals surface area contributed by atoms with E-state index in [9.17, 15) is 24.6 Å². The maximum absolute atomic E-state index is 13.5. The topological polar surface area (TPSA) is 154 Å². The van der Waals surface area contributed by atoms with E-state index >= 15 is 0 Å². The Bertz CT molecular complexity index is 1060. The third kappa shape index (κ3) is 4.62. The lowest BCUT2D eigenvalue weighted by molar-refractivity contribution is -0.492. The fourth-order valence-corrected chi connectivity index (χ4v) is 8.96. The Hall–Kier alpha value is -1.66. The Balaban J connectivity index is 1.61. The lowest BCUT2D eigenvalue weighted by Gasteiger charge is -2.64. The van der Waals surface area contributed by atoms with Crippen molar-refractivity contribution < 1.29 is 44.6 Å². The second kappa shape index (κ2) is 11.0. The first kappa shape index (κ1) is 30.3. The molecule has 39 heavy (non-hydrogen) atoms. The van der Waals surface area contributed by atoms with Crippen molar-refractivity contribution in [2.75, 3.05) is 13.2 Å². The van der Waals surface area contributed by atoms with Crippen molar-refractivity contribution in [3.8, 4) is 0 Å². The van der Waals surface area contributed by atoms with Crippen LogP contribution in [-0.4, -0.2) is 73.3 Å². The molecule has 4 aliphatic rings. The fraction of sp³-hybridized carbons (Fsp3) is 0.750. The summed E-state index contributed by atoms with van der Waals surface area (Å²) in [6, 6.07) is 0. The molecule has 2 unspecified atom stereocenters. The number of Topliss-reactive ketones (excluding diaryl/α,β-unsaturated/α-hetero) is 1. The number of hydrogen-bond acceptors (Lipinski definition) is 10. The predicted octanol–water partition coefficient (Wildman–Crippen LogP) is 3.29. The number of fused-ring (bicyclic) bond motifs is 5. The standard InChI is InChI=1S/C28H40ClNO9/c1-17-13-21-20-9-8-18-14-19(32)10-11-25(18,2)27(20,29)22(33)15-26(21,3)28(17,23(34)16-31)39-24(35)7-5-4-6-12-38-30(36)37/h10-11,14,17,20-22,31,33,36-37H,4-9,12-13,15-16H2,1-3H3/t17-,20?,21?,22-,25-,26-,27-,28-/m0/s1. The van der Waals surface area contributed by atoms with E-state index in [1.54, 1.807) is 6.08 Å². The molecule has 0 aromatic heterocycles. The molecule has 0 bridgehead atoms. The first-order chi connectivity index (χ1) is 18.3. The van der Waals surface area contributed by atoms with Gasteiger partial charge < -0.3 is 14.9 Å². The van der Waals surface area contributed by atoms with Gasteiger partial charge in [-0.3, -0.25) is 29.6 Å². The summed E-state index contributed by atoms with van der Waals surface area (Å²) < 4.78 is 6.10. The van der Waals surface area contributed by atoms with Gasteiger partial charge in [-0.2, -0.15) is 0 Å². The van der Waals surface area contributed by atoms with Crippen LogP contribution in [0.3, 0.4) is 0 Å². The monoisotopic (exact) mass is 569 g/mol. The van der Waals surface area contributed by atoms with Gasteiger partial charge in [0.15, 0.2) is 11.4 Å². The molecule has 10 nitrogen and oxygen atoms in total. The number of nitrogens with zero attached hydrogens (tertiary/aromatic N) is 1. The lowest BCUT2D eigenvalue weighted by Crippen LogP contribution is -2.69. The maximum atomic E-state index is 13.5. The molecule has 3 fully saturated rings. The number of allylic oxidation sites excluding steroid dienone is 4. The van der Waals surface area contributed by atoms with Gasteiger partial charge in [0.1, 0.15) is 6.61 Å². The molecule has 4 aliphatic carbocycles. The molecule has 0 spiro atoms. The largest absolute Gasteiger partial charge is 0.450 e. The van der Waals surface area contributed by atoms with E-state index in [2.05, 4.69) is 4.84 Å². The van der Waals surface area contributed by atoms with Gasteiger partial charge in [-0.15, -0.1) is 11.6 Å². The van der Waals surface area contributed by atoms with E-state index in [1.165, 1.54) is 6.08 Å². The number of ether oxygens (including phenoxy) is 1. The van der Waals surface area contributed by atoms with E-state index in [0.29, 0.717) is 38.5 Å². The Morgan fingerprint density at radius 1 is 1.18 bits per heavy atom. The van der Waals surface area contributed by atoms with E-state index in [-0.39, 0.29) is 42.5 Å². The van der Waals surface area contributed by atoms with Crippen LogP contribution in [0.2, 0.25) is 0 Å². The van der Waals surface area contributed by atoms with Crippen LogP contribution in [0.5, 0.6) is 0 Å². The molecule has 0 heterocycles. The number of carbonyl (C=O) groups excluding carboxylic acids is 3. The van der Waals surface area contributed by atoms with Gasteiger partial charge in [0.05, 0.1) is 23.0 Å². The number of halogens is 1. The predicted molar refractivity (Wildman–Crippen MR) is 138 cm³/mol. The number of esters is 1. The second-order valence-electron chi connectivity index (χ2n) is 12.1. The van der Waals surface area contributed by atoms with Gasteiger partial charge in [-0.1, -0.05) is 38.8 Å². The molecule has 3 saturated carbocycles. The van der Waals surface area contributed by atoms with Gasteiger partial charge in [0.2, 0.25) is 5.78 Å². The van der Waals surface area contributed by atoms with Gasteiger partial charge in [-0.05, 0) is 62.5 Å². The van der Waals surface area contributed by atoms with Crippen molar-refractivity contribution in [2.24, 2.45) is 28.6 Å². The van der Waals surface area contributed by atoms with Crippen LogP contribution in [0.1, 0.15) is 72.1 Å². The second-order valence-corrected chi connectivity index (χ2v) is 12.7. The summed E-state index contributed by atoms with van der Waals surface area (Å²) in [5.41, 5.74) is -2.42. The quantitative estimate of drug-likeness (QED) is 0.133. The summed E-state index contributed by atoms with van der Waals surface area (Å²) in [6.07, 6.45) is 7.26. The summed E-state index contributed by atoms with van der Waals surface area (Å²) in [6.45, 7) is 4.96. The summed E-state index contributed by atoms with van der Waals surface area (Å²) in [5, 5.41) is 38.6. The van der Waals surface area contributed by atoms with Gasteiger partial charge in [-0.25, -0.2) is 0 Å². The summed E-state index contributed by atoms with van der Waals surface area (Å²) in [4.78, 5) is 42.2. The summed E-state index contributed by atoms with van der Waals surface area (Å²) >= 11 is 7.47. The highest BCUT2D eigenvalue weighted by molar-refractivity contribution is 6.26. The highest BCUT2D eigenvalue weighted by Crippen LogP contribution is 2.72. The first-order valence-electron chi connectivity index (χ1n) is 13.8. The van der Waals surface area contributed by atoms with Crippen LogP contribution in [0.15, 0.2) is 23.8 Å². The summed E-state index contributed by atoms with van der Waals surface area (Å²) in [5.74, 6) is -2.04. The SMILES string of the molecule is C[C@H]1CC2C3CCC4=CC(=O)C=C[C@]4(C)[C@@]3(Cl)[C@@H](O)C[C@]2(C)[C@@]1(OC(=O)CCCCCON(O)O)C(=O)CO. The van der Waals surface area contributed by atoms with Crippen LogP contribution >= 0.6 is 11.6 Å². The van der Waals surface area contributed by atoms with Crippen LogP contribution in [0.25, 0.3) is 0 Å². The number of aliphatic hydroxyl groups excluding tert-OH is 2. The Labute approximate surface area is 233 Å². The van der Waals surface area contributed by atoms with Crippen molar-refractivity contribution in [1.29, 1.82) is 0 Å². The van der Waals surface area contributed by atoms with Crippen LogP contribution in [-0.2, 0) is 24.0 Å². The zero-order chi connectivity index (χ0) is 28.8. The minimum atomic E-state index is -1.62. The van der Waals surface area contributed by atoms with E-state index in [1.807, 2.05) is 26.8 Å². The van der Waals surface area contributed by atoms with Crippen molar-refractivity contribution in [1.82, 2.24) is 5.39 Å². The summed E-state index contributed by atoms with van der Waals surface area (Å²) in [7, 11) is 0. The Kier molecular flexibility index (Phi) is 8.52. The number of alkyl halides is 1. The molecule has 4 rings (SSSR count). The smallest absolute Gasteiger partial charge is 0.306 e. The zero-order valence-corrected chi connectivity index (χ0v) is 23.5. The molecule has 218 valence electrons. The minimum absolute atomic E-state index is 0.0341. The number of hydrogen-bond donors (Lipinski definition) is 4. The fourth-order valence-electron chi connectivity index (χ4n) is 8.44. The average molecular weight is 570 g/mol. The molecular formula is C28H40ClNO9. The van der Waals surface area contributed by atoms with Crippen molar-refractivity contribution in [3.05, 3.63) is 23.8 Å². The third-order valence-corrected chi connectivity index (χ3v) is 11.2. The molecule has 0 radical (unpaired) electrons. The maximum Gasteiger partial charge on any atom is 0.306 e. The van der Waals surface area contributed by atoms with Crippen molar-refractivity contribution in [3.63, 3.8) is 0 Å². The highest BCUT2D eigenvalue weighted by atomic mass is 35.5. The van der Waals surface area contributed by atoms with Crippen LogP contribution in [0, 0.1) is 28.6 Å². The molecule has 0 aromatic rings. The number of carbonyl (C=O) groups is 3.